The lowest BCUT2D eigenvalue weighted by Crippen LogP contribution is -2.53. The van der Waals surface area contributed by atoms with E-state index in [9.17, 15) is 28.8 Å². The highest BCUT2D eigenvalue weighted by Crippen LogP contribution is 2.25. The minimum atomic E-state index is -1.05. The van der Waals surface area contributed by atoms with Gasteiger partial charge >= 0.3 is 0 Å². The molecule has 4 N–H and O–H groups in total. The first-order chi connectivity index (χ1) is 22.7. The van der Waals surface area contributed by atoms with E-state index in [-0.39, 0.29) is 50.1 Å². The van der Waals surface area contributed by atoms with Gasteiger partial charge in [-0.3, -0.25) is 28.8 Å². The molecule has 3 heterocycles. The van der Waals surface area contributed by atoms with Crippen molar-refractivity contribution in [2.75, 3.05) is 40.3 Å². The smallest absolute Gasteiger partial charge is 0.271 e. The van der Waals surface area contributed by atoms with Crippen LogP contribution in [0, 0.1) is 5.92 Å². The maximum Gasteiger partial charge on any atom is 0.271 e. The number of rotatable bonds is 4. The summed E-state index contributed by atoms with van der Waals surface area (Å²) in [5.74, 6) is -2.64. The van der Waals surface area contributed by atoms with Crippen molar-refractivity contribution in [3.05, 3.63) is 52.1 Å². The number of aromatic amines is 1. The van der Waals surface area contributed by atoms with Crippen molar-refractivity contribution in [2.45, 2.75) is 58.7 Å². The molecule has 3 atom stereocenters. The van der Waals surface area contributed by atoms with Crippen LogP contribution < -0.4 is 16.0 Å². The molecule has 3 aromatic rings. The van der Waals surface area contributed by atoms with Crippen LogP contribution in [-0.2, 0) is 30.4 Å². The van der Waals surface area contributed by atoms with Crippen molar-refractivity contribution in [3.63, 3.8) is 0 Å². The lowest BCUT2D eigenvalue weighted by atomic mass is 10.0. The minimum absolute atomic E-state index is 0.0850. The zero-order chi connectivity index (χ0) is 35.1. The molecular formula is C33H44N8O6S. The van der Waals surface area contributed by atoms with Gasteiger partial charge in [-0.1, -0.05) is 32.0 Å². The number of benzene rings is 1. The first kappa shape index (κ1) is 36.1. The predicted molar refractivity (Wildman–Crippen MR) is 181 cm³/mol. The lowest BCUT2D eigenvalue weighted by Gasteiger charge is -2.27. The van der Waals surface area contributed by atoms with Crippen LogP contribution in [0.4, 0.5) is 0 Å². The summed E-state index contributed by atoms with van der Waals surface area (Å²) in [5, 5.41) is 11.4. The second kappa shape index (κ2) is 15.9. The van der Waals surface area contributed by atoms with Crippen LogP contribution in [-0.4, -0.2) is 112 Å². The van der Waals surface area contributed by atoms with Crippen molar-refractivity contribution in [1.29, 1.82) is 0 Å². The molecule has 0 radical (unpaired) electrons. The van der Waals surface area contributed by atoms with Crippen LogP contribution >= 0.6 is 11.3 Å². The highest BCUT2D eigenvalue weighted by atomic mass is 32.1. The van der Waals surface area contributed by atoms with E-state index in [1.165, 1.54) is 46.9 Å². The summed E-state index contributed by atoms with van der Waals surface area (Å²) in [4.78, 5) is 90.7. The van der Waals surface area contributed by atoms with Crippen LogP contribution in [0.1, 0.15) is 61.2 Å². The molecule has 14 nitrogen and oxygen atoms in total. The molecular weight excluding hydrogens is 636 g/mol. The normalized spacial score (nSPS) is 21.2. The number of amides is 6. The molecule has 4 rings (SSSR count). The molecule has 1 aliphatic heterocycles. The molecule has 48 heavy (non-hydrogen) atoms. The summed E-state index contributed by atoms with van der Waals surface area (Å²) in [6, 6.07) is 5.10. The third-order valence-electron chi connectivity index (χ3n) is 8.16. The summed E-state index contributed by atoms with van der Waals surface area (Å²) in [5.41, 5.74) is 1.76. The van der Waals surface area contributed by atoms with E-state index in [1.54, 1.807) is 18.6 Å². The maximum absolute atomic E-state index is 13.8. The Bertz CT molecular complexity index is 1670. The number of para-hydroxylation sites is 1. The average Bonchev–Trinajstić information content (AvgIpc) is 3.68. The summed E-state index contributed by atoms with van der Waals surface area (Å²) in [6.07, 6.45) is 2.45. The van der Waals surface area contributed by atoms with E-state index in [0.717, 1.165) is 16.5 Å². The standard InChI is InChI=1S/C33H44N8O6S/c1-19(2)13-25-31-38-27(18-48-31)30(45)37-26(14-22-15-34-24-10-8-7-9-23(22)24)33(47)40(6)16-28(43)35-20(3)32(46)39(5)11-12-41(21(4)42)17-29(44)36-25/h7-10,15,18-20,25-26,34H,11-14,16-17H2,1-6H3,(H,35,43)(H,36,44)(H,37,45)/t20-,25-,26+/m0/s1. The molecule has 2 aromatic heterocycles. The molecule has 2 bridgehead atoms. The number of carbonyl (C=O) groups excluding carboxylic acids is 6. The van der Waals surface area contributed by atoms with Crippen molar-refractivity contribution in [2.24, 2.45) is 5.92 Å². The summed E-state index contributed by atoms with van der Waals surface area (Å²) < 4.78 is 0. The third-order valence-corrected chi connectivity index (χ3v) is 9.12. The number of fused-ring (bicyclic) bond motifs is 3. The van der Waals surface area contributed by atoms with E-state index < -0.39 is 47.7 Å². The summed E-state index contributed by atoms with van der Waals surface area (Å²) in [6.45, 7) is 6.50. The number of likely N-dealkylation sites (N-methyl/N-ethyl adjacent to an activating group) is 2. The molecule has 15 heteroatoms. The van der Waals surface area contributed by atoms with E-state index in [4.69, 9.17) is 0 Å². The summed E-state index contributed by atoms with van der Waals surface area (Å²) in [7, 11) is 3.01. The molecule has 0 spiro atoms. The first-order valence-corrected chi connectivity index (χ1v) is 16.8. The fraction of sp³-hybridized carbons (Fsp3) is 0.485. The molecule has 1 aromatic carbocycles. The monoisotopic (exact) mass is 680 g/mol. The van der Waals surface area contributed by atoms with Gasteiger partial charge in [0.05, 0.1) is 19.1 Å². The quantitative estimate of drug-likeness (QED) is 0.322. The molecule has 0 saturated carbocycles. The van der Waals surface area contributed by atoms with Gasteiger partial charge in [-0.05, 0) is 30.9 Å². The zero-order valence-corrected chi connectivity index (χ0v) is 29.0. The van der Waals surface area contributed by atoms with Crippen LogP contribution in [0.2, 0.25) is 0 Å². The Morgan fingerprint density at radius 1 is 0.938 bits per heavy atom. The van der Waals surface area contributed by atoms with Gasteiger partial charge in [0.15, 0.2) is 0 Å². The molecule has 0 saturated heterocycles. The van der Waals surface area contributed by atoms with E-state index in [2.05, 4.69) is 25.9 Å². The molecule has 0 unspecified atom stereocenters. The number of nitrogens with one attached hydrogen (secondary N) is 4. The fourth-order valence-corrected chi connectivity index (χ4v) is 6.44. The van der Waals surface area contributed by atoms with Crippen molar-refractivity contribution >= 4 is 57.7 Å². The van der Waals surface area contributed by atoms with Gasteiger partial charge in [0.2, 0.25) is 29.5 Å². The van der Waals surface area contributed by atoms with E-state index >= 15 is 0 Å². The largest absolute Gasteiger partial charge is 0.361 e. The van der Waals surface area contributed by atoms with Gasteiger partial charge in [0.1, 0.15) is 22.8 Å². The van der Waals surface area contributed by atoms with Gasteiger partial charge in [-0.15, -0.1) is 11.3 Å². The number of hydrogen-bond acceptors (Lipinski definition) is 8. The van der Waals surface area contributed by atoms with Gasteiger partial charge in [0.25, 0.3) is 5.91 Å². The Kier molecular flexibility index (Phi) is 11.9. The Balaban J connectivity index is 1.67. The maximum atomic E-state index is 13.8. The van der Waals surface area contributed by atoms with Gasteiger partial charge in [0, 0.05) is 63.0 Å². The topological polar surface area (TPSA) is 177 Å². The number of nitrogens with zero attached hydrogens (tertiary/aromatic N) is 4. The van der Waals surface area contributed by atoms with Crippen molar-refractivity contribution in [3.8, 4) is 0 Å². The fourth-order valence-electron chi connectivity index (χ4n) is 5.58. The van der Waals surface area contributed by atoms with E-state index in [0.29, 0.717) is 11.4 Å². The number of carbonyl (C=O) groups is 6. The first-order valence-electron chi connectivity index (χ1n) is 15.9. The second-order valence-corrected chi connectivity index (χ2v) is 13.5. The molecule has 6 amide bonds. The van der Waals surface area contributed by atoms with Crippen molar-refractivity contribution < 1.29 is 28.8 Å². The Morgan fingerprint density at radius 2 is 1.65 bits per heavy atom. The Hall–Kier alpha value is -4.79. The van der Waals surface area contributed by atoms with Gasteiger partial charge < -0.3 is 35.6 Å². The average molecular weight is 681 g/mol. The van der Waals surface area contributed by atoms with Crippen LogP contribution in [0.3, 0.4) is 0 Å². The molecule has 0 aliphatic carbocycles. The number of aromatic nitrogens is 2. The highest BCUT2D eigenvalue weighted by Gasteiger charge is 2.30. The molecule has 1 aliphatic rings. The molecule has 0 fully saturated rings. The second-order valence-electron chi connectivity index (χ2n) is 12.6. The predicted octanol–water partition coefficient (Wildman–Crippen LogP) is 1.45. The number of H-pyrrole nitrogens is 1. The lowest BCUT2D eigenvalue weighted by molar-refractivity contribution is -0.139. The van der Waals surface area contributed by atoms with Crippen LogP contribution in [0.5, 0.6) is 0 Å². The SMILES string of the molecule is CC(=O)N1CCN(C)C(=O)[C@H](C)NC(=O)CN(C)C(=O)[C@@H](Cc2c[nH]c3ccccc23)NC(=O)c2csc(n2)[C@H](CC(C)C)NC(=O)C1. The van der Waals surface area contributed by atoms with Gasteiger partial charge in [-0.2, -0.15) is 0 Å². The zero-order valence-electron chi connectivity index (χ0n) is 28.2. The number of thiazole rings is 1. The number of hydrogen-bond donors (Lipinski definition) is 4. The Morgan fingerprint density at radius 3 is 2.35 bits per heavy atom. The minimum Gasteiger partial charge on any atom is -0.361 e. The van der Waals surface area contributed by atoms with Crippen LogP contribution in [0.15, 0.2) is 35.8 Å². The van der Waals surface area contributed by atoms with Crippen LogP contribution in [0.25, 0.3) is 10.9 Å². The third kappa shape index (κ3) is 9.18. The molecule has 258 valence electrons. The highest BCUT2D eigenvalue weighted by molar-refractivity contribution is 7.09. The Labute approximate surface area is 283 Å². The van der Waals surface area contributed by atoms with Gasteiger partial charge in [-0.25, -0.2) is 4.98 Å². The summed E-state index contributed by atoms with van der Waals surface area (Å²) >= 11 is 1.21. The van der Waals surface area contributed by atoms with E-state index in [1.807, 2.05) is 38.1 Å². The van der Waals surface area contributed by atoms with Crippen molar-refractivity contribution in [1.82, 2.24) is 40.6 Å².